The van der Waals surface area contributed by atoms with E-state index in [9.17, 15) is 0 Å². The minimum absolute atomic E-state index is 0.876. The Hall–Kier alpha value is 0.660. The summed E-state index contributed by atoms with van der Waals surface area (Å²) in [5.41, 5.74) is 0. The number of hydrogen-bond acceptors (Lipinski definition) is 3. The molecule has 0 aromatic rings. The summed E-state index contributed by atoms with van der Waals surface area (Å²) in [6.07, 6.45) is 2.80. The van der Waals surface area contributed by atoms with Crippen molar-refractivity contribution in [3.05, 3.63) is 0 Å². The van der Waals surface area contributed by atoms with E-state index in [0.29, 0.717) is 0 Å². The van der Waals surface area contributed by atoms with Gasteiger partial charge in [0.15, 0.2) is 0 Å². The van der Waals surface area contributed by atoms with Crippen LogP contribution in [0.25, 0.3) is 0 Å². The summed E-state index contributed by atoms with van der Waals surface area (Å²) in [4.78, 5) is 2.57. The first-order valence-corrected chi connectivity index (χ1v) is 7.26. The lowest BCUT2D eigenvalue weighted by Gasteiger charge is -2.33. The van der Waals surface area contributed by atoms with Crippen molar-refractivity contribution in [1.29, 1.82) is 0 Å². The SMILES string of the molecule is CC(C)C1CCN(CCSS)CC1. The molecule has 13 heavy (non-hydrogen) atoms. The van der Waals surface area contributed by atoms with E-state index in [-0.39, 0.29) is 0 Å². The Morgan fingerprint density at radius 1 is 1.38 bits per heavy atom. The van der Waals surface area contributed by atoms with Crippen LogP contribution in [0.3, 0.4) is 0 Å². The van der Waals surface area contributed by atoms with Crippen LogP contribution in [0.1, 0.15) is 26.7 Å². The topological polar surface area (TPSA) is 3.24 Å². The molecule has 1 saturated heterocycles. The molecule has 1 fully saturated rings. The molecule has 1 nitrogen and oxygen atoms in total. The Labute approximate surface area is 91.5 Å². The van der Waals surface area contributed by atoms with Crippen molar-refractivity contribution < 1.29 is 0 Å². The van der Waals surface area contributed by atoms with Crippen molar-refractivity contribution in [2.75, 3.05) is 25.4 Å². The van der Waals surface area contributed by atoms with Gasteiger partial charge in [0.05, 0.1) is 0 Å². The average Bonchev–Trinajstić information content (AvgIpc) is 2.15. The van der Waals surface area contributed by atoms with Crippen LogP contribution >= 0.6 is 22.5 Å². The fourth-order valence-electron chi connectivity index (χ4n) is 2.01. The zero-order chi connectivity index (χ0) is 9.68. The van der Waals surface area contributed by atoms with Gasteiger partial charge in [-0.15, -0.1) is 11.7 Å². The molecule has 1 heterocycles. The van der Waals surface area contributed by atoms with E-state index in [1.54, 1.807) is 10.8 Å². The van der Waals surface area contributed by atoms with Crippen LogP contribution in [-0.4, -0.2) is 30.3 Å². The second-order valence-electron chi connectivity index (χ2n) is 4.26. The summed E-state index contributed by atoms with van der Waals surface area (Å²) in [5.74, 6) is 3.01. The molecule has 0 radical (unpaired) electrons. The number of thiol groups is 1. The Bertz CT molecular complexity index is 131. The van der Waals surface area contributed by atoms with Gasteiger partial charge in [-0.2, -0.15) is 0 Å². The van der Waals surface area contributed by atoms with Crippen molar-refractivity contribution >= 4 is 22.5 Å². The second-order valence-corrected chi connectivity index (χ2v) is 5.70. The van der Waals surface area contributed by atoms with E-state index in [1.165, 1.54) is 32.5 Å². The van der Waals surface area contributed by atoms with Gasteiger partial charge in [-0.05, 0) is 37.8 Å². The molecular formula is C10H21NS2. The molecule has 0 aromatic carbocycles. The second kappa shape index (κ2) is 6.20. The molecule has 3 heteroatoms. The normalized spacial score (nSPS) is 21.2. The van der Waals surface area contributed by atoms with Gasteiger partial charge in [-0.25, -0.2) is 0 Å². The summed E-state index contributed by atoms with van der Waals surface area (Å²) in [5, 5.41) is 0. The van der Waals surface area contributed by atoms with Gasteiger partial charge in [-0.1, -0.05) is 24.6 Å². The molecule has 0 aliphatic carbocycles. The van der Waals surface area contributed by atoms with Gasteiger partial charge >= 0.3 is 0 Å². The monoisotopic (exact) mass is 219 g/mol. The summed E-state index contributed by atoms with van der Waals surface area (Å²) in [6, 6.07) is 0. The zero-order valence-electron chi connectivity index (χ0n) is 8.70. The summed E-state index contributed by atoms with van der Waals surface area (Å²) >= 11 is 4.16. The van der Waals surface area contributed by atoms with Crippen LogP contribution in [0.5, 0.6) is 0 Å². The first-order valence-electron chi connectivity index (χ1n) is 5.22. The van der Waals surface area contributed by atoms with Crippen LogP contribution in [0.4, 0.5) is 0 Å². The lowest BCUT2D eigenvalue weighted by molar-refractivity contribution is 0.165. The van der Waals surface area contributed by atoms with Crippen molar-refractivity contribution in [1.82, 2.24) is 4.90 Å². The Balaban J connectivity index is 2.15. The molecule has 0 N–H and O–H groups in total. The van der Waals surface area contributed by atoms with Crippen LogP contribution < -0.4 is 0 Å². The van der Waals surface area contributed by atoms with Crippen molar-refractivity contribution in [2.24, 2.45) is 11.8 Å². The molecule has 78 valence electrons. The minimum Gasteiger partial charge on any atom is -0.302 e. The molecule has 0 spiro atoms. The van der Waals surface area contributed by atoms with E-state index in [2.05, 4.69) is 30.4 Å². The first kappa shape index (κ1) is 11.7. The highest BCUT2D eigenvalue weighted by molar-refractivity contribution is 8.68. The van der Waals surface area contributed by atoms with Crippen molar-refractivity contribution in [2.45, 2.75) is 26.7 Å². The first-order chi connectivity index (χ1) is 6.24. The third kappa shape index (κ3) is 4.13. The fraction of sp³-hybridized carbons (Fsp3) is 1.00. The molecule has 0 amide bonds. The number of rotatable bonds is 4. The van der Waals surface area contributed by atoms with Gasteiger partial charge in [0, 0.05) is 12.3 Å². The molecule has 0 atom stereocenters. The maximum Gasteiger partial charge on any atom is 0.0162 e. The Morgan fingerprint density at radius 2 is 2.00 bits per heavy atom. The molecule has 1 aliphatic rings. The number of likely N-dealkylation sites (tertiary alicyclic amines) is 1. The zero-order valence-corrected chi connectivity index (χ0v) is 10.4. The fourth-order valence-corrected chi connectivity index (χ4v) is 2.60. The third-order valence-electron chi connectivity index (χ3n) is 3.07. The molecule has 1 rings (SSSR count). The van der Waals surface area contributed by atoms with E-state index < -0.39 is 0 Å². The predicted octanol–water partition coefficient (Wildman–Crippen LogP) is 2.93. The van der Waals surface area contributed by atoms with Crippen molar-refractivity contribution in [3.8, 4) is 0 Å². The lowest BCUT2D eigenvalue weighted by Crippen LogP contribution is -2.36. The minimum atomic E-state index is 0.876. The largest absolute Gasteiger partial charge is 0.302 e. The maximum atomic E-state index is 4.16. The van der Waals surface area contributed by atoms with Crippen molar-refractivity contribution in [3.63, 3.8) is 0 Å². The standard InChI is InChI=1S/C10H21NS2/c1-9(2)10-3-5-11(6-4-10)7-8-13-12/h9-10,12H,3-8H2,1-2H3. The van der Waals surface area contributed by atoms with Gasteiger partial charge < -0.3 is 4.90 Å². The lowest BCUT2D eigenvalue weighted by atomic mass is 9.87. The molecule has 0 aromatic heterocycles. The highest BCUT2D eigenvalue weighted by Crippen LogP contribution is 2.24. The highest BCUT2D eigenvalue weighted by atomic mass is 33.1. The number of hydrogen-bond donors (Lipinski definition) is 1. The Kier molecular flexibility index (Phi) is 5.60. The quantitative estimate of drug-likeness (QED) is 0.572. The van der Waals surface area contributed by atoms with Crippen LogP contribution in [-0.2, 0) is 0 Å². The number of piperidine rings is 1. The summed E-state index contributed by atoms with van der Waals surface area (Å²) < 4.78 is 0. The molecule has 0 bridgehead atoms. The van der Waals surface area contributed by atoms with Crippen LogP contribution in [0, 0.1) is 11.8 Å². The Morgan fingerprint density at radius 3 is 2.46 bits per heavy atom. The molecular weight excluding hydrogens is 198 g/mol. The van der Waals surface area contributed by atoms with Gasteiger partial charge in [0.25, 0.3) is 0 Å². The van der Waals surface area contributed by atoms with E-state index in [0.717, 1.165) is 17.6 Å². The van der Waals surface area contributed by atoms with Crippen LogP contribution in [0.2, 0.25) is 0 Å². The van der Waals surface area contributed by atoms with E-state index in [1.807, 2.05) is 0 Å². The van der Waals surface area contributed by atoms with Gasteiger partial charge in [-0.3, -0.25) is 0 Å². The van der Waals surface area contributed by atoms with E-state index >= 15 is 0 Å². The van der Waals surface area contributed by atoms with Gasteiger partial charge in [0.1, 0.15) is 0 Å². The summed E-state index contributed by atoms with van der Waals surface area (Å²) in [7, 11) is 1.66. The van der Waals surface area contributed by atoms with E-state index in [4.69, 9.17) is 0 Å². The van der Waals surface area contributed by atoms with Crippen LogP contribution in [0.15, 0.2) is 0 Å². The average molecular weight is 219 g/mol. The molecule has 1 aliphatic heterocycles. The molecule has 0 saturated carbocycles. The summed E-state index contributed by atoms with van der Waals surface area (Å²) in [6.45, 7) is 8.53. The smallest absolute Gasteiger partial charge is 0.0162 e. The highest BCUT2D eigenvalue weighted by Gasteiger charge is 2.20. The predicted molar refractivity (Wildman–Crippen MR) is 65.4 cm³/mol. The maximum absolute atomic E-state index is 4.16. The van der Waals surface area contributed by atoms with Gasteiger partial charge in [0.2, 0.25) is 0 Å². The third-order valence-corrected chi connectivity index (χ3v) is 3.99. The molecule has 0 unspecified atom stereocenters. The number of nitrogens with zero attached hydrogens (tertiary/aromatic N) is 1.